The third-order valence-electron chi connectivity index (χ3n) is 3.99. The maximum absolute atomic E-state index is 12.7. The Hall–Kier alpha value is -1.66. The van der Waals surface area contributed by atoms with Crippen LogP contribution in [-0.2, 0) is 4.74 Å². The van der Waals surface area contributed by atoms with Crippen LogP contribution in [-0.4, -0.2) is 41.6 Å². The van der Waals surface area contributed by atoms with Crippen molar-refractivity contribution in [2.75, 3.05) is 19.1 Å². The number of rotatable bonds is 4. The minimum atomic E-state index is -0.0295. The molecule has 0 spiro atoms. The van der Waals surface area contributed by atoms with Crippen LogP contribution in [0.2, 0.25) is 0 Å². The summed E-state index contributed by atoms with van der Waals surface area (Å²) in [7, 11) is 1.82. The van der Waals surface area contributed by atoms with Crippen molar-refractivity contribution < 1.29 is 9.53 Å². The number of nitrogens with one attached hydrogen (secondary N) is 1. The fourth-order valence-electron chi connectivity index (χ4n) is 2.63. The molecule has 1 aromatic heterocycles. The SMILES string of the molecule is CC(C)c1cc(C(=O)N(C)C2CCOC2C)cc(NN)n1. The summed E-state index contributed by atoms with van der Waals surface area (Å²) in [5.74, 6) is 6.16. The fourth-order valence-corrected chi connectivity index (χ4v) is 2.63. The highest BCUT2D eigenvalue weighted by molar-refractivity contribution is 5.95. The Labute approximate surface area is 125 Å². The molecular weight excluding hydrogens is 268 g/mol. The maximum atomic E-state index is 12.7. The molecule has 1 saturated heterocycles. The van der Waals surface area contributed by atoms with Gasteiger partial charge in [0.15, 0.2) is 0 Å². The normalized spacial score (nSPS) is 21.6. The van der Waals surface area contributed by atoms with Crippen molar-refractivity contribution in [2.45, 2.75) is 45.3 Å². The van der Waals surface area contributed by atoms with Gasteiger partial charge in [-0.2, -0.15) is 0 Å². The van der Waals surface area contributed by atoms with E-state index in [-0.39, 0.29) is 24.0 Å². The summed E-state index contributed by atoms with van der Waals surface area (Å²) in [6.45, 7) is 6.77. The summed E-state index contributed by atoms with van der Waals surface area (Å²) >= 11 is 0. The molecular formula is C15H24N4O2. The Morgan fingerprint density at radius 2 is 2.24 bits per heavy atom. The fraction of sp³-hybridized carbons (Fsp3) is 0.600. The first kappa shape index (κ1) is 15.7. The molecule has 1 aliphatic rings. The molecule has 1 aliphatic heterocycles. The number of carbonyl (C=O) groups is 1. The third-order valence-corrected chi connectivity index (χ3v) is 3.99. The second kappa shape index (κ2) is 6.41. The summed E-state index contributed by atoms with van der Waals surface area (Å²) in [6, 6.07) is 3.64. The number of hydrazine groups is 1. The van der Waals surface area contributed by atoms with Gasteiger partial charge in [-0.05, 0) is 31.4 Å². The van der Waals surface area contributed by atoms with Crippen LogP contribution in [0.1, 0.15) is 49.2 Å². The standard InChI is InChI=1S/C15H24N4O2/c1-9(2)12-7-11(8-14(17-12)18-16)15(20)19(4)13-5-6-21-10(13)3/h7-10,13H,5-6,16H2,1-4H3,(H,17,18). The minimum Gasteiger partial charge on any atom is -0.376 e. The predicted octanol–water partition coefficient (Wildman–Crippen LogP) is 1.74. The topological polar surface area (TPSA) is 80.5 Å². The third kappa shape index (κ3) is 3.33. The predicted molar refractivity (Wildman–Crippen MR) is 82.0 cm³/mol. The van der Waals surface area contributed by atoms with Gasteiger partial charge >= 0.3 is 0 Å². The first-order valence-electron chi connectivity index (χ1n) is 7.31. The number of hydrogen-bond acceptors (Lipinski definition) is 5. The largest absolute Gasteiger partial charge is 0.376 e. The molecule has 21 heavy (non-hydrogen) atoms. The van der Waals surface area contributed by atoms with Gasteiger partial charge in [0.25, 0.3) is 5.91 Å². The maximum Gasteiger partial charge on any atom is 0.254 e. The van der Waals surface area contributed by atoms with E-state index in [4.69, 9.17) is 10.6 Å². The van der Waals surface area contributed by atoms with E-state index in [2.05, 4.69) is 10.4 Å². The van der Waals surface area contributed by atoms with Crippen LogP contribution in [0, 0.1) is 0 Å². The molecule has 6 nitrogen and oxygen atoms in total. The highest BCUT2D eigenvalue weighted by Gasteiger charge is 2.31. The number of likely N-dealkylation sites (N-methyl/N-ethyl adjacent to an activating group) is 1. The van der Waals surface area contributed by atoms with Gasteiger partial charge in [0.05, 0.1) is 12.1 Å². The quantitative estimate of drug-likeness (QED) is 0.652. The van der Waals surface area contributed by atoms with Crippen molar-refractivity contribution in [1.82, 2.24) is 9.88 Å². The highest BCUT2D eigenvalue weighted by Crippen LogP contribution is 2.22. The average molecular weight is 292 g/mol. The van der Waals surface area contributed by atoms with Gasteiger partial charge in [0.1, 0.15) is 5.82 Å². The van der Waals surface area contributed by atoms with Gasteiger partial charge < -0.3 is 15.1 Å². The van der Waals surface area contributed by atoms with E-state index in [0.29, 0.717) is 18.0 Å². The van der Waals surface area contributed by atoms with E-state index >= 15 is 0 Å². The van der Waals surface area contributed by atoms with Crippen LogP contribution in [0.25, 0.3) is 0 Å². The zero-order chi connectivity index (χ0) is 15.6. The number of aromatic nitrogens is 1. The van der Waals surface area contributed by atoms with Crippen LogP contribution in [0.15, 0.2) is 12.1 Å². The van der Waals surface area contributed by atoms with Gasteiger partial charge in [-0.25, -0.2) is 10.8 Å². The summed E-state index contributed by atoms with van der Waals surface area (Å²) in [6.07, 6.45) is 0.936. The van der Waals surface area contributed by atoms with Crippen molar-refractivity contribution in [3.05, 3.63) is 23.4 Å². The molecule has 6 heteroatoms. The van der Waals surface area contributed by atoms with Gasteiger partial charge in [0, 0.05) is 24.9 Å². The average Bonchev–Trinajstić information content (AvgIpc) is 2.91. The second-order valence-electron chi connectivity index (χ2n) is 5.81. The van der Waals surface area contributed by atoms with Crippen LogP contribution in [0.5, 0.6) is 0 Å². The molecule has 0 saturated carbocycles. The summed E-state index contributed by atoms with van der Waals surface area (Å²) in [4.78, 5) is 18.8. The number of anilines is 1. The van der Waals surface area contributed by atoms with Crippen molar-refractivity contribution >= 4 is 11.7 Å². The number of ether oxygens (including phenoxy) is 1. The first-order valence-corrected chi connectivity index (χ1v) is 7.31. The number of carbonyl (C=O) groups excluding carboxylic acids is 1. The minimum absolute atomic E-state index is 0.0295. The van der Waals surface area contributed by atoms with Crippen LogP contribution >= 0.6 is 0 Å². The molecule has 2 heterocycles. The Morgan fingerprint density at radius 1 is 1.52 bits per heavy atom. The van der Waals surface area contributed by atoms with Crippen molar-refractivity contribution in [1.29, 1.82) is 0 Å². The van der Waals surface area contributed by atoms with Gasteiger partial charge in [-0.1, -0.05) is 13.8 Å². The lowest BCUT2D eigenvalue weighted by molar-refractivity contribution is 0.0574. The smallest absolute Gasteiger partial charge is 0.254 e. The number of nitrogen functional groups attached to an aromatic ring is 1. The molecule has 0 bridgehead atoms. The van der Waals surface area contributed by atoms with Crippen LogP contribution in [0.3, 0.4) is 0 Å². The van der Waals surface area contributed by atoms with Crippen molar-refractivity contribution in [2.24, 2.45) is 5.84 Å². The highest BCUT2D eigenvalue weighted by atomic mass is 16.5. The molecule has 1 amide bonds. The molecule has 0 aromatic carbocycles. The Bertz CT molecular complexity index is 518. The Kier molecular flexibility index (Phi) is 4.80. The van der Waals surface area contributed by atoms with Crippen molar-refractivity contribution in [3.63, 3.8) is 0 Å². The van der Waals surface area contributed by atoms with Crippen molar-refractivity contribution in [3.8, 4) is 0 Å². The summed E-state index contributed by atoms with van der Waals surface area (Å²) in [5.41, 5.74) is 3.97. The van der Waals surface area contributed by atoms with E-state index in [1.165, 1.54) is 0 Å². The van der Waals surface area contributed by atoms with Gasteiger partial charge in [-0.3, -0.25) is 4.79 Å². The van der Waals surface area contributed by atoms with Crippen LogP contribution in [0.4, 0.5) is 5.82 Å². The lowest BCUT2D eigenvalue weighted by Gasteiger charge is -2.27. The van der Waals surface area contributed by atoms with E-state index in [1.807, 2.05) is 33.9 Å². The monoisotopic (exact) mass is 292 g/mol. The Balaban J connectivity index is 2.27. The van der Waals surface area contributed by atoms with E-state index in [1.54, 1.807) is 11.0 Å². The zero-order valence-electron chi connectivity index (χ0n) is 13.1. The van der Waals surface area contributed by atoms with Gasteiger partial charge in [-0.15, -0.1) is 0 Å². The lowest BCUT2D eigenvalue weighted by Crippen LogP contribution is -2.41. The number of amides is 1. The van der Waals surface area contributed by atoms with E-state index < -0.39 is 0 Å². The summed E-state index contributed by atoms with van der Waals surface area (Å²) < 4.78 is 5.54. The summed E-state index contributed by atoms with van der Waals surface area (Å²) in [5, 5.41) is 0. The molecule has 3 N–H and O–H groups in total. The second-order valence-corrected chi connectivity index (χ2v) is 5.81. The molecule has 1 aromatic rings. The number of nitrogens with two attached hydrogens (primary N) is 1. The van der Waals surface area contributed by atoms with E-state index in [9.17, 15) is 4.79 Å². The first-order chi connectivity index (χ1) is 9.93. The molecule has 2 rings (SSSR count). The number of pyridine rings is 1. The molecule has 2 atom stereocenters. The molecule has 1 fully saturated rings. The zero-order valence-corrected chi connectivity index (χ0v) is 13.1. The van der Waals surface area contributed by atoms with E-state index in [0.717, 1.165) is 12.1 Å². The molecule has 0 radical (unpaired) electrons. The number of nitrogens with zero attached hydrogens (tertiary/aromatic N) is 2. The molecule has 116 valence electrons. The van der Waals surface area contributed by atoms with Gasteiger partial charge in [0.2, 0.25) is 0 Å². The lowest BCUT2D eigenvalue weighted by atomic mass is 10.0. The number of hydrogen-bond donors (Lipinski definition) is 2. The molecule has 2 unspecified atom stereocenters. The van der Waals surface area contributed by atoms with Crippen LogP contribution < -0.4 is 11.3 Å². The Morgan fingerprint density at radius 3 is 2.76 bits per heavy atom. The molecule has 0 aliphatic carbocycles.